The number of carbonyl (C=O) groups is 1. The average molecular weight is 428 g/mol. The van der Waals surface area contributed by atoms with Crippen LogP contribution < -0.4 is 5.32 Å². The largest absolute Gasteiger partial charge is 0.467 e. The van der Waals surface area contributed by atoms with Crippen LogP contribution in [-0.4, -0.2) is 15.5 Å². The van der Waals surface area contributed by atoms with Crippen LogP contribution in [-0.2, 0) is 24.3 Å². The molecule has 0 spiro atoms. The Morgan fingerprint density at radius 3 is 2.72 bits per heavy atom. The molecular formula is C22H19Cl2N3O2. The Hall–Kier alpha value is -2.76. The molecule has 1 N–H and O–H groups in total. The fourth-order valence-electron chi connectivity index (χ4n) is 3.24. The summed E-state index contributed by atoms with van der Waals surface area (Å²) in [6, 6.07) is 17.1. The van der Waals surface area contributed by atoms with Gasteiger partial charge in [0.15, 0.2) is 0 Å². The Morgan fingerprint density at radius 2 is 1.93 bits per heavy atom. The summed E-state index contributed by atoms with van der Waals surface area (Å²) in [4.78, 5) is 17.1. The molecule has 0 radical (unpaired) electrons. The normalized spacial score (nSPS) is 11.1. The summed E-state index contributed by atoms with van der Waals surface area (Å²) >= 11 is 12.2. The molecule has 0 unspecified atom stereocenters. The molecule has 0 aliphatic carbocycles. The monoisotopic (exact) mass is 427 g/mol. The van der Waals surface area contributed by atoms with E-state index in [1.165, 1.54) is 0 Å². The summed E-state index contributed by atoms with van der Waals surface area (Å²) in [5.41, 5.74) is 2.91. The van der Waals surface area contributed by atoms with Gasteiger partial charge in [-0.25, -0.2) is 4.98 Å². The molecule has 7 heteroatoms. The topological polar surface area (TPSA) is 60.1 Å². The van der Waals surface area contributed by atoms with Gasteiger partial charge in [0.1, 0.15) is 11.6 Å². The number of halogens is 2. The van der Waals surface area contributed by atoms with Gasteiger partial charge in [-0.3, -0.25) is 4.79 Å². The van der Waals surface area contributed by atoms with Gasteiger partial charge in [0, 0.05) is 19.4 Å². The van der Waals surface area contributed by atoms with Crippen LogP contribution in [0, 0.1) is 0 Å². The predicted molar refractivity (Wildman–Crippen MR) is 114 cm³/mol. The molecule has 148 valence electrons. The maximum atomic E-state index is 12.3. The molecule has 0 aliphatic rings. The van der Waals surface area contributed by atoms with Gasteiger partial charge in [0.2, 0.25) is 5.91 Å². The maximum Gasteiger partial charge on any atom is 0.222 e. The third kappa shape index (κ3) is 4.63. The SMILES string of the molecule is O=C(CCn1c(Cc2ccc(Cl)c(Cl)c2)nc2ccccc21)NCc1ccco1. The molecule has 0 saturated carbocycles. The van der Waals surface area contributed by atoms with Crippen molar-refractivity contribution < 1.29 is 9.21 Å². The van der Waals surface area contributed by atoms with Crippen LogP contribution in [0.1, 0.15) is 23.6 Å². The minimum absolute atomic E-state index is 0.0420. The van der Waals surface area contributed by atoms with Crippen LogP contribution in [0.5, 0.6) is 0 Å². The molecule has 4 aromatic rings. The van der Waals surface area contributed by atoms with Crippen molar-refractivity contribution in [1.82, 2.24) is 14.9 Å². The van der Waals surface area contributed by atoms with E-state index in [1.807, 2.05) is 42.5 Å². The minimum atomic E-state index is -0.0420. The second kappa shape index (κ2) is 8.72. The molecule has 1 amide bonds. The van der Waals surface area contributed by atoms with E-state index in [9.17, 15) is 4.79 Å². The fourth-order valence-corrected chi connectivity index (χ4v) is 3.56. The zero-order valence-corrected chi connectivity index (χ0v) is 17.1. The first-order valence-electron chi connectivity index (χ1n) is 9.27. The Kier molecular flexibility index (Phi) is 5.88. The lowest BCUT2D eigenvalue weighted by Gasteiger charge is -2.10. The van der Waals surface area contributed by atoms with Crippen LogP contribution in [0.2, 0.25) is 10.0 Å². The van der Waals surface area contributed by atoms with Crippen LogP contribution in [0.15, 0.2) is 65.3 Å². The summed E-state index contributed by atoms with van der Waals surface area (Å²) in [6.07, 6.45) is 2.53. The smallest absolute Gasteiger partial charge is 0.222 e. The summed E-state index contributed by atoms with van der Waals surface area (Å²) in [5.74, 6) is 1.56. The fraction of sp³-hybridized carbons (Fsp3) is 0.182. The standard InChI is InChI=1S/C22H19Cl2N3O2/c23-17-8-7-15(12-18(17)24)13-21-26-19-5-1-2-6-20(19)27(21)10-9-22(28)25-14-16-4-3-11-29-16/h1-8,11-12H,9-10,13-14H2,(H,25,28). The first kappa shape index (κ1) is 19.6. The lowest BCUT2D eigenvalue weighted by Crippen LogP contribution is -2.24. The minimum Gasteiger partial charge on any atom is -0.467 e. The van der Waals surface area contributed by atoms with E-state index in [1.54, 1.807) is 18.4 Å². The van der Waals surface area contributed by atoms with Crippen molar-refractivity contribution in [3.63, 3.8) is 0 Å². The first-order chi connectivity index (χ1) is 14.1. The van der Waals surface area contributed by atoms with Gasteiger partial charge in [-0.2, -0.15) is 0 Å². The van der Waals surface area contributed by atoms with E-state index < -0.39 is 0 Å². The Balaban J connectivity index is 1.51. The van der Waals surface area contributed by atoms with Gasteiger partial charge in [0.05, 0.1) is 33.9 Å². The number of amides is 1. The Morgan fingerprint density at radius 1 is 1.07 bits per heavy atom. The summed E-state index contributed by atoms with van der Waals surface area (Å²) < 4.78 is 7.33. The lowest BCUT2D eigenvalue weighted by molar-refractivity contribution is -0.121. The highest BCUT2D eigenvalue weighted by atomic mass is 35.5. The molecule has 0 bridgehead atoms. The lowest BCUT2D eigenvalue weighted by atomic mass is 10.1. The highest BCUT2D eigenvalue weighted by Gasteiger charge is 2.13. The summed E-state index contributed by atoms with van der Waals surface area (Å²) in [7, 11) is 0. The van der Waals surface area contributed by atoms with E-state index >= 15 is 0 Å². The molecular weight excluding hydrogens is 409 g/mol. The molecule has 0 saturated heterocycles. The predicted octanol–water partition coefficient (Wildman–Crippen LogP) is 5.23. The van der Waals surface area contributed by atoms with Crippen molar-refractivity contribution in [1.29, 1.82) is 0 Å². The third-order valence-corrected chi connectivity index (χ3v) is 5.42. The molecule has 2 aromatic heterocycles. The summed E-state index contributed by atoms with van der Waals surface area (Å²) in [6.45, 7) is 0.911. The van der Waals surface area contributed by atoms with Crippen molar-refractivity contribution in [2.24, 2.45) is 0 Å². The average Bonchev–Trinajstić information content (AvgIpc) is 3.35. The number of nitrogens with zero attached hydrogens (tertiary/aromatic N) is 2. The third-order valence-electron chi connectivity index (χ3n) is 4.68. The van der Waals surface area contributed by atoms with Gasteiger partial charge in [-0.1, -0.05) is 41.4 Å². The number of aryl methyl sites for hydroxylation is 1. The molecule has 0 aliphatic heterocycles. The summed E-state index contributed by atoms with van der Waals surface area (Å²) in [5, 5.41) is 3.92. The molecule has 29 heavy (non-hydrogen) atoms. The number of rotatable bonds is 7. The number of imidazole rings is 1. The van der Waals surface area contributed by atoms with Crippen molar-refractivity contribution >= 4 is 40.1 Å². The molecule has 5 nitrogen and oxygen atoms in total. The molecule has 2 heterocycles. The first-order valence-corrected chi connectivity index (χ1v) is 10.0. The maximum absolute atomic E-state index is 12.3. The molecule has 0 atom stereocenters. The number of furan rings is 1. The van der Waals surface area contributed by atoms with Gasteiger partial charge in [0.25, 0.3) is 0 Å². The van der Waals surface area contributed by atoms with E-state index in [0.29, 0.717) is 36.0 Å². The Labute approximate surface area is 178 Å². The van der Waals surface area contributed by atoms with Crippen LogP contribution in [0.4, 0.5) is 0 Å². The van der Waals surface area contributed by atoms with Gasteiger partial charge in [-0.05, 0) is 42.0 Å². The number of benzene rings is 2. The van der Waals surface area contributed by atoms with E-state index in [2.05, 4.69) is 9.88 Å². The van der Waals surface area contributed by atoms with Gasteiger partial charge >= 0.3 is 0 Å². The van der Waals surface area contributed by atoms with E-state index in [4.69, 9.17) is 32.6 Å². The quantitative estimate of drug-likeness (QED) is 0.438. The Bertz CT molecular complexity index is 1140. The van der Waals surface area contributed by atoms with E-state index in [0.717, 1.165) is 28.2 Å². The molecule has 4 rings (SSSR count). The van der Waals surface area contributed by atoms with Crippen LogP contribution in [0.25, 0.3) is 11.0 Å². The highest BCUT2D eigenvalue weighted by Crippen LogP contribution is 2.25. The number of nitrogens with one attached hydrogen (secondary N) is 1. The van der Waals surface area contributed by atoms with E-state index in [-0.39, 0.29) is 5.91 Å². The number of para-hydroxylation sites is 2. The van der Waals surface area contributed by atoms with Gasteiger partial charge < -0.3 is 14.3 Å². The van der Waals surface area contributed by atoms with Crippen molar-refractivity contribution in [3.8, 4) is 0 Å². The molecule has 0 fully saturated rings. The second-order valence-electron chi connectivity index (χ2n) is 6.70. The molecule has 2 aromatic carbocycles. The zero-order valence-electron chi connectivity index (χ0n) is 15.6. The number of hydrogen-bond donors (Lipinski definition) is 1. The van der Waals surface area contributed by atoms with Crippen molar-refractivity contribution in [2.75, 3.05) is 0 Å². The number of carbonyl (C=O) groups excluding carboxylic acids is 1. The van der Waals surface area contributed by atoms with Crippen LogP contribution >= 0.6 is 23.2 Å². The van der Waals surface area contributed by atoms with Crippen molar-refractivity contribution in [2.45, 2.75) is 25.9 Å². The number of aromatic nitrogens is 2. The zero-order chi connectivity index (χ0) is 20.2. The highest BCUT2D eigenvalue weighted by molar-refractivity contribution is 6.42. The number of hydrogen-bond acceptors (Lipinski definition) is 3. The second-order valence-corrected chi connectivity index (χ2v) is 7.51. The number of fused-ring (bicyclic) bond motifs is 1. The van der Waals surface area contributed by atoms with Crippen LogP contribution in [0.3, 0.4) is 0 Å². The van der Waals surface area contributed by atoms with Crippen molar-refractivity contribution in [3.05, 3.63) is 88.1 Å². The van der Waals surface area contributed by atoms with Gasteiger partial charge in [-0.15, -0.1) is 0 Å².